The van der Waals surface area contributed by atoms with Crippen LogP contribution in [0.15, 0.2) is 48.7 Å². The maximum absolute atomic E-state index is 12.0. The van der Waals surface area contributed by atoms with E-state index in [0.717, 1.165) is 16.3 Å². The predicted octanol–water partition coefficient (Wildman–Crippen LogP) is 4.14. The van der Waals surface area contributed by atoms with Crippen molar-refractivity contribution in [3.8, 4) is 11.3 Å². The molecule has 3 aromatic rings. The van der Waals surface area contributed by atoms with Gasteiger partial charge in [-0.3, -0.25) is 4.79 Å². The first-order chi connectivity index (χ1) is 11.6. The van der Waals surface area contributed by atoms with Crippen molar-refractivity contribution in [2.75, 3.05) is 6.54 Å². The Bertz CT molecular complexity index is 831. The van der Waals surface area contributed by atoms with Gasteiger partial charge in [0.1, 0.15) is 5.69 Å². The van der Waals surface area contributed by atoms with Gasteiger partial charge in [-0.1, -0.05) is 41.9 Å². The first-order valence-electron chi connectivity index (χ1n) is 7.55. The highest BCUT2D eigenvalue weighted by Gasteiger charge is 2.11. The molecule has 1 N–H and O–H groups in total. The smallest absolute Gasteiger partial charge is 0.269 e. The average Bonchev–Trinajstić information content (AvgIpc) is 2.97. The molecular formula is C18H16ClN3OS. The van der Waals surface area contributed by atoms with E-state index in [4.69, 9.17) is 16.6 Å². The van der Waals surface area contributed by atoms with E-state index < -0.39 is 0 Å². The van der Waals surface area contributed by atoms with E-state index >= 15 is 0 Å². The number of pyridine rings is 1. The summed E-state index contributed by atoms with van der Waals surface area (Å²) in [6.07, 6.45) is 2.16. The van der Waals surface area contributed by atoms with Gasteiger partial charge < -0.3 is 5.32 Å². The van der Waals surface area contributed by atoms with Crippen LogP contribution < -0.4 is 5.32 Å². The van der Waals surface area contributed by atoms with Crippen LogP contribution in [-0.4, -0.2) is 22.4 Å². The molecule has 0 fully saturated rings. The third-order valence-corrected chi connectivity index (χ3v) is 4.73. The van der Waals surface area contributed by atoms with Crippen molar-refractivity contribution in [1.29, 1.82) is 0 Å². The van der Waals surface area contributed by atoms with Crippen LogP contribution in [0.5, 0.6) is 0 Å². The Morgan fingerprint density at radius 1 is 1.21 bits per heavy atom. The molecule has 0 spiro atoms. The van der Waals surface area contributed by atoms with Crippen molar-refractivity contribution >= 4 is 28.8 Å². The molecule has 0 aliphatic heterocycles. The van der Waals surface area contributed by atoms with Crippen molar-refractivity contribution in [2.45, 2.75) is 13.3 Å². The number of carbonyl (C=O) groups is 1. The number of nitrogens with one attached hydrogen (secondary N) is 1. The molecule has 0 unspecified atom stereocenters. The number of thiazole rings is 1. The van der Waals surface area contributed by atoms with Gasteiger partial charge in [0.05, 0.1) is 15.7 Å². The lowest BCUT2D eigenvalue weighted by molar-refractivity contribution is 0.0949. The summed E-state index contributed by atoms with van der Waals surface area (Å²) in [5, 5.41) is 4.38. The number of halogens is 1. The largest absolute Gasteiger partial charge is 0.350 e. The molecule has 6 heteroatoms. The highest BCUT2D eigenvalue weighted by molar-refractivity contribution is 7.12. The molecule has 1 aromatic carbocycles. The lowest BCUT2D eigenvalue weighted by atomic mass is 10.1. The van der Waals surface area contributed by atoms with Crippen LogP contribution in [-0.2, 0) is 6.42 Å². The highest BCUT2D eigenvalue weighted by Crippen LogP contribution is 2.27. The summed E-state index contributed by atoms with van der Waals surface area (Å²) >= 11 is 7.43. The lowest BCUT2D eigenvalue weighted by Crippen LogP contribution is -2.26. The molecule has 122 valence electrons. The molecule has 0 saturated carbocycles. The van der Waals surface area contributed by atoms with Crippen LogP contribution in [0.3, 0.4) is 0 Å². The topological polar surface area (TPSA) is 54.9 Å². The van der Waals surface area contributed by atoms with E-state index in [1.165, 1.54) is 11.1 Å². The minimum absolute atomic E-state index is 0.205. The van der Waals surface area contributed by atoms with Gasteiger partial charge in [0, 0.05) is 29.6 Å². The fraction of sp³-hybridized carbons (Fsp3) is 0.167. The van der Waals surface area contributed by atoms with Crippen molar-refractivity contribution in [3.63, 3.8) is 0 Å². The quantitative estimate of drug-likeness (QED) is 0.746. The van der Waals surface area contributed by atoms with Gasteiger partial charge in [0.2, 0.25) is 0 Å². The number of aromatic nitrogens is 2. The molecule has 0 aliphatic carbocycles. The fourth-order valence-corrected chi connectivity index (χ4v) is 3.37. The third kappa shape index (κ3) is 3.99. The minimum atomic E-state index is -0.205. The zero-order valence-corrected chi connectivity index (χ0v) is 14.7. The molecule has 0 saturated heterocycles. The Kier molecular flexibility index (Phi) is 5.23. The summed E-state index contributed by atoms with van der Waals surface area (Å²) in [7, 11) is 0. The number of benzene rings is 1. The summed E-state index contributed by atoms with van der Waals surface area (Å²) in [5.74, 6) is -0.205. The molecule has 3 rings (SSSR count). The van der Waals surface area contributed by atoms with Crippen molar-refractivity contribution in [3.05, 3.63) is 69.3 Å². The minimum Gasteiger partial charge on any atom is -0.350 e. The Hall–Kier alpha value is -2.24. The second-order valence-corrected chi connectivity index (χ2v) is 6.97. The van der Waals surface area contributed by atoms with E-state index in [1.807, 2.05) is 18.2 Å². The molecule has 4 nitrogen and oxygen atoms in total. The number of hydrogen-bond acceptors (Lipinski definition) is 4. The Morgan fingerprint density at radius 2 is 2.00 bits per heavy atom. The lowest BCUT2D eigenvalue weighted by Gasteiger charge is -2.03. The SMILES string of the molecule is Cc1sc(CCNC(=O)c2ccc(Cl)cn2)nc1-c1ccccc1. The number of nitrogens with zero attached hydrogens (tertiary/aromatic N) is 2. The summed E-state index contributed by atoms with van der Waals surface area (Å²) in [5.41, 5.74) is 2.49. The Labute approximate surface area is 149 Å². The fourth-order valence-electron chi connectivity index (χ4n) is 2.31. The van der Waals surface area contributed by atoms with Crippen LogP contribution in [0.4, 0.5) is 0 Å². The first kappa shape index (κ1) is 16.6. The number of rotatable bonds is 5. The van der Waals surface area contributed by atoms with Gasteiger partial charge in [-0.15, -0.1) is 11.3 Å². The number of hydrogen-bond donors (Lipinski definition) is 1. The zero-order valence-electron chi connectivity index (χ0n) is 13.1. The second kappa shape index (κ2) is 7.55. The molecule has 0 radical (unpaired) electrons. The van der Waals surface area contributed by atoms with Crippen molar-refractivity contribution in [2.24, 2.45) is 0 Å². The average molecular weight is 358 g/mol. The maximum atomic E-state index is 12.0. The maximum Gasteiger partial charge on any atom is 0.269 e. The van der Waals surface area contributed by atoms with Gasteiger partial charge in [-0.05, 0) is 19.1 Å². The molecular weight excluding hydrogens is 342 g/mol. The first-order valence-corrected chi connectivity index (χ1v) is 8.74. The molecule has 0 atom stereocenters. The number of amides is 1. The summed E-state index contributed by atoms with van der Waals surface area (Å²) in [6, 6.07) is 13.4. The standard InChI is InChI=1S/C18H16ClN3OS/c1-12-17(13-5-3-2-4-6-13)22-16(24-12)9-10-20-18(23)15-8-7-14(19)11-21-15/h2-8,11H,9-10H2,1H3,(H,20,23). The van der Waals surface area contributed by atoms with Crippen LogP contribution in [0.2, 0.25) is 5.02 Å². The van der Waals surface area contributed by atoms with Crippen LogP contribution in [0.25, 0.3) is 11.3 Å². The Morgan fingerprint density at radius 3 is 2.71 bits per heavy atom. The van der Waals surface area contributed by atoms with Crippen LogP contribution in [0.1, 0.15) is 20.4 Å². The van der Waals surface area contributed by atoms with Crippen LogP contribution in [0, 0.1) is 6.92 Å². The molecule has 0 aliphatic rings. The normalized spacial score (nSPS) is 10.6. The highest BCUT2D eigenvalue weighted by atomic mass is 35.5. The van der Waals surface area contributed by atoms with E-state index in [9.17, 15) is 4.79 Å². The van der Waals surface area contributed by atoms with Gasteiger partial charge in [-0.25, -0.2) is 9.97 Å². The van der Waals surface area contributed by atoms with Crippen LogP contribution >= 0.6 is 22.9 Å². The van der Waals surface area contributed by atoms with Crippen molar-refractivity contribution in [1.82, 2.24) is 15.3 Å². The van der Waals surface area contributed by atoms with Crippen molar-refractivity contribution < 1.29 is 4.79 Å². The summed E-state index contributed by atoms with van der Waals surface area (Å²) in [6.45, 7) is 2.59. The van der Waals surface area contributed by atoms with E-state index in [-0.39, 0.29) is 5.91 Å². The van der Waals surface area contributed by atoms with E-state index in [0.29, 0.717) is 23.7 Å². The summed E-state index contributed by atoms with van der Waals surface area (Å²) < 4.78 is 0. The number of carbonyl (C=O) groups excluding carboxylic acids is 1. The Balaban J connectivity index is 1.59. The zero-order chi connectivity index (χ0) is 16.9. The molecule has 2 aromatic heterocycles. The molecule has 0 bridgehead atoms. The van der Waals surface area contributed by atoms with Gasteiger partial charge in [0.25, 0.3) is 5.91 Å². The van der Waals surface area contributed by atoms with Gasteiger partial charge >= 0.3 is 0 Å². The predicted molar refractivity (Wildman–Crippen MR) is 97.6 cm³/mol. The molecule has 24 heavy (non-hydrogen) atoms. The summed E-state index contributed by atoms with van der Waals surface area (Å²) in [4.78, 5) is 21.9. The van der Waals surface area contributed by atoms with E-state index in [2.05, 4.69) is 29.4 Å². The van der Waals surface area contributed by atoms with Gasteiger partial charge in [0.15, 0.2) is 0 Å². The number of aryl methyl sites for hydroxylation is 1. The molecule has 1 amide bonds. The van der Waals surface area contributed by atoms with Gasteiger partial charge in [-0.2, -0.15) is 0 Å². The second-order valence-electron chi connectivity index (χ2n) is 5.25. The third-order valence-electron chi connectivity index (χ3n) is 3.47. The monoisotopic (exact) mass is 357 g/mol. The van der Waals surface area contributed by atoms with E-state index in [1.54, 1.807) is 23.5 Å². The molecule has 2 heterocycles.